The smallest absolute Gasteiger partial charge is 0.160 e. The molecular weight excluding hydrogens is 785 g/mol. The fourth-order valence-electron chi connectivity index (χ4n) is 10.2. The molecular formula is C58H34N4S. The molecule has 14 rings (SSSR count). The van der Waals surface area contributed by atoms with E-state index in [4.69, 9.17) is 9.97 Å². The summed E-state index contributed by atoms with van der Waals surface area (Å²) in [5, 5.41) is 13.5. The predicted octanol–water partition coefficient (Wildman–Crippen LogP) is 15.8. The van der Waals surface area contributed by atoms with E-state index >= 15 is 0 Å². The first-order chi connectivity index (χ1) is 31.2. The molecule has 0 bridgehead atoms. The molecule has 0 saturated carbocycles. The molecule has 292 valence electrons. The van der Waals surface area contributed by atoms with Crippen LogP contribution in [0, 0.1) is 0 Å². The van der Waals surface area contributed by atoms with E-state index in [9.17, 15) is 0 Å². The maximum atomic E-state index is 5.37. The Morgan fingerprint density at radius 3 is 1.90 bits per heavy atom. The number of fused-ring (bicyclic) bond motifs is 13. The van der Waals surface area contributed by atoms with Crippen LogP contribution in [-0.2, 0) is 0 Å². The molecule has 0 unspecified atom stereocenters. The van der Waals surface area contributed by atoms with Crippen LogP contribution in [0.4, 0.5) is 0 Å². The molecule has 0 radical (unpaired) electrons. The van der Waals surface area contributed by atoms with Gasteiger partial charge in [0, 0.05) is 75.0 Å². The van der Waals surface area contributed by atoms with Crippen molar-refractivity contribution in [3.05, 3.63) is 206 Å². The van der Waals surface area contributed by atoms with Crippen molar-refractivity contribution in [3.8, 4) is 34.0 Å². The van der Waals surface area contributed by atoms with E-state index in [1.807, 2.05) is 11.3 Å². The van der Waals surface area contributed by atoms with Gasteiger partial charge in [0.15, 0.2) is 5.82 Å². The lowest BCUT2D eigenvalue weighted by atomic mass is 10.0. The van der Waals surface area contributed by atoms with Crippen molar-refractivity contribution < 1.29 is 0 Å². The van der Waals surface area contributed by atoms with Gasteiger partial charge in [-0.15, -0.1) is 11.3 Å². The van der Waals surface area contributed by atoms with Crippen LogP contribution in [-0.4, -0.2) is 19.1 Å². The van der Waals surface area contributed by atoms with E-state index in [0.717, 1.165) is 50.1 Å². The highest BCUT2D eigenvalue weighted by Gasteiger charge is 2.19. The Bertz CT molecular complexity index is 4230. The summed E-state index contributed by atoms with van der Waals surface area (Å²) in [6, 6.07) is 75.0. The van der Waals surface area contributed by atoms with Crippen molar-refractivity contribution in [3.63, 3.8) is 0 Å². The van der Waals surface area contributed by atoms with Crippen LogP contribution >= 0.6 is 11.3 Å². The Balaban J connectivity index is 0.951. The van der Waals surface area contributed by atoms with Gasteiger partial charge in [-0.2, -0.15) is 0 Å². The molecule has 0 amide bonds. The summed E-state index contributed by atoms with van der Waals surface area (Å²) in [6.07, 6.45) is 0. The molecule has 5 heteroatoms. The lowest BCUT2D eigenvalue weighted by Gasteiger charge is -2.13. The van der Waals surface area contributed by atoms with E-state index in [-0.39, 0.29) is 0 Å². The molecule has 0 saturated heterocycles. The van der Waals surface area contributed by atoms with Gasteiger partial charge in [0.25, 0.3) is 0 Å². The lowest BCUT2D eigenvalue weighted by molar-refractivity contribution is 1.17. The summed E-state index contributed by atoms with van der Waals surface area (Å²) in [5.74, 6) is 0.705. The third kappa shape index (κ3) is 5.15. The Labute approximate surface area is 365 Å². The highest BCUT2D eigenvalue weighted by molar-refractivity contribution is 7.25. The van der Waals surface area contributed by atoms with E-state index in [1.165, 1.54) is 74.3 Å². The fraction of sp³-hybridized carbons (Fsp3) is 0. The normalized spacial score (nSPS) is 12.1. The van der Waals surface area contributed by atoms with Gasteiger partial charge >= 0.3 is 0 Å². The summed E-state index contributed by atoms with van der Waals surface area (Å²) in [5.41, 5.74) is 10.9. The average Bonchev–Trinajstić information content (AvgIpc) is 4.00. The number of nitrogens with zero attached hydrogens (tertiary/aromatic N) is 4. The van der Waals surface area contributed by atoms with Gasteiger partial charge in [0.2, 0.25) is 0 Å². The van der Waals surface area contributed by atoms with Crippen LogP contribution in [0.25, 0.3) is 130 Å². The number of rotatable bonds is 4. The van der Waals surface area contributed by atoms with Gasteiger partial charge in [0.1, 0.15) is 0 Å². The van der Waals surface area contributed by atoms with Gasteiger partial charge in [-0.1, -0.05) is 140 Å². The third-order valence-electron chi connectivity index (χ3n) is 13.0. The second-order valence-electron chi connectivity index (χ2n) is 16.6. The first-order valence-electron chi connectivity index (χ1n) is 21.4. The number of thiophene rings is 1. The van der Waals surface area contributed by atoms with Crippen molar-refractivity contribution in [1.82, 2.24) is 19.1 Å². The van der Waals surface area contributed by atoms with Crippen molar-refractivity contribution in [2.45, 2.75) is 0 Å². The largest absolute Gasteiger partial charge is 0.309 e. The highest BCUT2D eigenvalue weighted by Crippen LogP contribution is 2.41. The minimum absolute atomic E-state index is 0.705. The van der Waals surface area contributed by atoms with Crippen LogP contribution in [0.1, 0.15) is 0 Å². The zero-order valence-electron chi connectivity index (χ0n) is 33.8. The maximum absolute atomic E-state index is 5.37. The number of aromatic nitrogens is 4. The second kappa shape index (κ2) is 13.2. The molecule has 0 aliphatic rings. The van der Waals surface area contributed by atoms with Crippen LogP contribution in [0.2, 0.25) is 0 Å². The number of hydrogen-bond acceptors (Lipinski definition) is 3. The molecule has 10 aromatic carbocycles. The Kier molecular flexibility index (Phi) is 7.24. The number of para-hydroxylation sites is 3. The van der Waals surface area contributed by atoms with Gasteiger partial charge < -0.3 is 9.13 Å². The predicted molar refractivity (Wildman–Crippen MR) is 267 cm³/mol. The molecule has 0 spiro atoms. The first-order valence-corrected chi connectivity index (χ1v) is 22.2. The topological polar surface area (TPSA) is 35.6 Å². The Hall–Kier alpha value is -8.12. The second-order valence-corrected chi connectivity index (χ2v) is 17.6. The van der Waals surface area contributed by atoms with Gasteiger partial charge in [-0.3, -0.25) is 0 Å². The molecule has 0 fully saturated rings. The summed E-state index contributed by atoms with van der Waals surface area (Å²) in [4.78, 5) is 10.6. The van der Waals surface area contributed by atoms with Crippen molar-refractivity contribution >= 4 is 108 Å². The number of hydrogen-bond donors (Lipinski definition) is 0. The molecule has 4 nitrogen and oxygen atoms in total. The SMILES string of the molecule is c1cc(-c2nc(-c3ccc4c(c3)sc3ccccc34)c3ccccc3n2)cc(-n2c3ccccc3c3cc4ccc(-n5c6ccccc6c6ccc7ccccc7c65)cc4cc32)c1. The zero-order chi connectivity index (χ0) is 41.2. The molecule has 0 aliphatic heterocycles. The van der Waals surface area contributed by atoms with Gasteiger partial charge in [-0.25, -0.2) is 9.97 Å². The minimum Gasteiger partial charge on any atom is -0.309 e. The number of benzene rings is 10. The van der Waals surface area contributed by atoms with Crippen LogP contribution in [0.3, 0.4) is 0 Å². The monoisotopic (exact) mass is 818 g/mol. The van der Waals surface area contributed by atoms with E-state index < -0.39 is 0 Å². The Morgan fingerprint density at radius 2 is 1.02 bits per heavy atom. The fourth-order valence-corrected chi connectivity index (χ4v) is 11.3. The highest BCUT2D eigenvalue weighted by atomic mass is 32.1. The Morgan fingerprint density at radius 1 is 0.333 bits per heavy atom. The van der Waals surface area contributed by atoms with Crippen LogP contribution in [0.5, 0.6) is 0 Å². The molecule has 0 aliphatic carbocycles. The zero-order valence-corrected chi connectivity index (χ0v) is 34.6. The van der Waals surface area contributed by atoms with Gasteiger partial charge in [-0.05, 0) is 82.9 Å². The van der Waals surface area contributed by atoms with E-state index in [0.29, 0.717) is 5.82 Å². The average molecular weight is 819 g/mol. The summed E-state index contributed by atoms with van der Waals surface area (Å²) in [7, 11) is 0. The molecule has 0 N–H and O–H groups in total. The molecule has 14 aromatic rings. The third-order valence-corrected chi connectivity index (χ3v) is 14.2. The molecule has 4 heterocycles. The van der Waals surface area contributed by atoms with Crippen molar-refractivity contribution in [1.29, 1.82) is 0 Å². The van der Waals surface area contributed by atoms with Crippen molar-refractivity contribution in [2.75, 3.05) is 0 Å². The summed E-state index contributed by atoms with van der Waals surface area (Å²) >= 11 is 1.83. The van der Waals surface area contributed by atoms with Crippen molar-refractivity contribution in [2.24, 2.45) is 0 Å². The standard InChI is InChI=1S/C58H34N4S/c1-2-15-42-35(12-1)25-29-47-43-16-4-9-22-52(43)62(57(42)47)41-27-24-36-32-49-44-17-5-8-21-51(44)61(53(49)33-39(36)31-41)40-14-11-13-38(30-40)58-59-50-20-7-3-19-48(50)56(60-58)37-26-28-46-45-18-6-10-23-54(45)63-55(46)34-37/h1-34H. The minimum atomic E-state index is 0.705. The van der Waals surface area contributed by atoms with E-state index in [2.05, 4.69) is 215 Å². The van der Waals surface area contributed by atoms with Crippen LogP contribution in [0.15, 0.2) is 206 Å². The lowest BCUT2D eigenvalue weighted by Crippen LogP contribution is -1.98. The summed E-state index contributed by atoms with van der Waals surface area (Å²) in [6.45, 7) is 0. The molecule has 0 atom stereocenters. The van der Waals surface area contributed by atoms with Gasteiger partial charge in [0.05, 0.1) is 33.3 Å². The van der Waals surface area contributed by atoms with Crippen LogP contribution < -0.4 is 0 Å². The van der Waals surface area contributed by atoms with E-state index in [1.54, 1.807) is 0 Å². The quantitative estimate of drug-likeness (QED) is 0.177. The molecule has 4 aromatic heterocycles. The molecule has 63 heavy (non-hydrogen) atoms. The summed E-state index contributed by atoms with van der Waals surface area (Å²) < 4.78 is 7.42. The maximum Gasteiger partial charge on any atom is 0.160 e. The first kappa shape index (κ1) is 34.6.